The number of carbonyl (C=O) groups is 3. The Labute approximate surface area is 168 Å². The molecule has 2 N–H and O–H groups in total. The molecule has 0 spiro atoms. The van der Waals surface area contributed by atoms with E-state index in [2.05, 4.69) is 5.32 Å². The zero-order chi connectivity index (χ0) is 19.7. The van der Waals surface area contributed by atoms with Gasteiger partial charge in [0.1, 0.15) is 5.57 Å². The highest BCUT2D eigenvalue weighted by molar-refractivity contribution is 14.1. The molecule has 0 unspecified atom stereocenters. The molecular weight excluding hydrogens is 463 g/mol. The molecule has 8 heteroatoms. The Balaban J connectivity index is 2.06. The standard InChI is InChI=1S/C19H15IN2O5/c1-10-4-3-5-12(6-10)22-18(25)13(17(24)21-19(22)26)7-11-8-14(20)16(23)15(9-11)27-2/h3-9,23H,1-2H3,(H,21,24,26)/b13-7+. The molecule has 0 bridgehead atoms. The van der Waals surface area contributed by atoms with Gasteiger partial charge in [0.15, 0.2) is 11.5 Å². The Morgan fingerprint density at radius 1 is 1.19 bits per heavy atom. The van der Waals surface area contributed by atoms with E-state index in [0.717, 1.165) is 10.5 Å². The number of benzene rings is 2. The molecule has 1 aliphatic heterocycles. The molecule has 0 aromatic heterocycles. The van der Waals surface area contributed by atoms with Gasteiger partial charge in [0.2, 0.25) is 0 Å². The number of rotatable bonds is 3. The first-order valence-electron chi connectivity index (χ1n) is 7.86. The van der Waals surface area contributed by atoms with Gasteiger partial charge in [-0.15, -0.1) is 0 Å². The molecule has 1 aliphatic rings. The summed E-state index contributed by atoms with van der Waals surface area (Å²) < 4.78 is 5.59. The number of imide groups is 2. The first-order valence-corrected chi connectivity index (χ1v) is 8.94. The number of aromatic hydroxyl groups is 1. The lowest BCUT2D eigenvalue weighted by atomic mass is 10.1. The van der Waals surface area contributed by atoms with Crippen LogP contribution in [0.4, 0.5) is 10.5 Å². The zero-order valence-electron chi connectivity index (χ0n) is 14.4. The van der Waals surface area contributed by atoms with Crippen molar-refractivity contribution in [3.8, 4) is 11.5 Å². The minimum Gasteiger partial charge on any atom is -0.504 e. The van der Waals surface area contributed by atoms with Gasteiger partial charge in [-0.05, 0) is 71.0 Å². The molecule has 138 valence electrons. The van der Waals surface area contributed by atoms with E-state index >= 15 is 0 Å². The maximum atomic E-state index is 12.9. The second-order valence-corrected chi connectivity index (χ2v) is 7.01. The number of phenolic OH excluding ortho intramolecular Hbond substituents is 1. The molecule has 2 aromatic rings. The van der Waals surface area contributed by atoms with Crippen LogP contribution in [0.2, 0.25) is 0 Å². The fourth-order valence-corrected chi connectivity index (χ4v) is 3.28. The Bertz CT molecular complexity index is 1000. The molecule has 4 amide bonds. The normalized spacial score (nSPS) is 15.9. The van der Waals surface area contributed by atoms with E-state index in [1.165, 1.54) is 19.3 Å². The third kappa shape index (κ3) is 3.65. The van der Waals surface area contributed by atoms with E-state index in [1.54, 1.807) is 24.3 Å². The highest BCUT2D eigenvalue weighted by Gasteiger charge is 2.36. The van der Waals surface area contributed by atoms with E-state index in [0.29, 0.717) is 14.8 Å². The van der Waals surface area contributed by atoms with Crippen molar-refractivity contribution in [3.63, 3.8) is 0 Å². The van der Waals surface area contributed by atoms with Crippen molar-refractivity contribution >= 4 is 52.2 Å². The number of barbiturate groups is 1. The third-order valence-electron chi connectivity index (χ3n) is 3.94. The number of methoxy groups -OCH3 is 1. The number of amides is 4. The van der Waals surface area contributed by atoms with Crippen molar-refractivity contribution in [2.75, 3.05) is 12.0 Å². The molecule has 1 heterocycles. The summed E-state index contributed by atoms with van der Waals surface area (Å²) >= 11 is 1.91. The molecule has 1 saturated heterocycles. The van der Waals surface area contributed by atoms with Crippen molar-refractivity contribution in [2.45, 2.75) is 6.92 Å². The zero-order valence-corrected chi connectivity index (χ0v) is 16.6. The molecular formula is C19H15IN2O5. The molecule has 0 saturated carbocycles. The van der Waals surface area contributed by atoms with Gasteiger partial charge in [0, 0.05) is 0 Å². The maximum Gasteiger partial charge on any atom is 0.335 e. The van der Waals surface area contributed by atoms with E-state index in [1.807, 2.05) is 35.6 Å². The van der Waals surface area contributed by atoms with Gasteiger partial charge in [-0.25, -0.2) is 9.69 Å². The first kappa shape index (κ1) is 18.9. The smallest absolute Gasteiger partial charge is 0.335 e. The predicted molar refractivity (Wildman–Crippen MR) is 108 cm³/mol. The summed E-state index contributed by atoms with van der Waals surface area (Å²) in [5.41, 5.74) is 1.52. The van der Waals surface area contributed by atoms with Gasteiger partial charge in [0.25, 0.3) is 11.8 Å². The third-order valence-corrected chi connectivity index (χ3v) is 4.77. The molecule has 0 atom stereocenters. The van der Waals surface area contributed by atoms with Crippen LogP contribution in [0.15, 0.2) is 42.0 Å². The highest BCUT2D eigenvalue weighted by Crippen LogP contribution is 2.33. The highest BCUT2D eigenvalue weighted by atomic mass is 127. The lowest BCUT2D eigenvalue weighted by molar-refractivity contribution is -0.122. The largest absolute Gasteiger partial charge is 0.504 e. The molecule has 3 rings (SSSR count). The lowest BCUT2D eigenvalue weighted by Crippen LogP contribution is -2.54. The molecule has 7 nitrogen and oxygen atoms in total. The summed E-state index contributed by atoms with van der Waals surface area (Å²) in [7, 11) is 1.40. The predicted octanol–water partition coefficient (Wildman–Crippen LogP) is 2.98. The number of urea groups is 1. The van der Waals surface area contributed by atoms with Crippen LogP contribution in [0.25, 0.3) is 6.08 Å². The van der Waals surface area contributed by atoms with Crippen LogP contribution < -0.4 is 15.0 Å². The van der Waals surface area contributed by atoms with Gasteiger partial charge >= 0.3 is 6.03 Å². The Morgan fingerprint density at radius 3 is 2.59 bits per heavy atom. The maximum absolute atomic E-state index is 12.9. The summed E-state index contributed by atoms with van der Waals surface area (Å²) in [5, 5.41) is 12.1. The van der Waals surface area contributed by atoms with Crippen LogP contribution in [0.5, 0.6) is 11.5 Å². The Kier molecular flexibility index (Phi) is 5.17. The molecule has 27 heavy (non-hydrogen) atoms. The van der Waals surface area contributed by atoms with Crippen LogP contribution in [0, 0.1) is 10.5 Å². The molecule has 2 aromatic carbocycles. The number of ether oxygens (including phenoxy) is 1. The fourth-order valence-electron chi connectivity index (χ4n) is 2.66. The van der Waals surface area contributed by atoms with Crippen LogP contribution >= 0.6 is 22.6 Å². The second kappa shape index (κ2) is 7.39. The van der Waals surface area contributed by atoms with Gasteiger partial charge in [-0.3, -0.25) is 14.9 Å². The van der Waals surface area contributed by atoms with E-state index in [-0.39, 0.29) is 17.1 Å². The number of phenols is 1. The minimum absolute atomic E-state index is 0.0313. The van der Waals surface area contributed by atoms with Crippen LogP contribution in [0.1, 0.15) is 11.1 Å². The van der Waals surface area contributed by atoms with Crippen LogP contribution in [0.3, 0.4) is 0 Å². The van der Waals surface area contributed by atoms with Crippen molar-refractivity contribution in [3.05, 3.63) is 56.7 Å². The fraction of sp³-hybridized carbons (Fsp3) is 0.105. The lowest BCUT2D eigenvalue weighted by Gasteiger charge is -2.26. The topological polar surface area (TPSA) is 95.9 Å². The van der Waals surface area contributed by atoms with E-state index < -0.39 is 17.8 Å². The number of nitrogens with zero attached hydrogens (tertiary/aromatic N) is 1. The number of hydrogen-bond acceptors (Lipinski definition) is 5. The quantitative estimate of drug-likeness (QED) is 0.402. The molecule has 1 fully saturated rings. The van der Waals surface area contributed by atoms with Gasteiger partial charge < -0.3 is 9.84 Å². The molecule has 0 aliphatic carbocycles. The van der Waals surface area contributed by atoms with Crippen molar-refractivity contribution in [2.24, 2.45) is 0 Å². The number of nitrogens with one attached hydrogen (secondary N) is 1. The van der Waals surface area contributed by atoms with Crippen molar-refractivity contribution in [1.82, 2.24) is 5.32 Å². The Morgan fingerprint density at radius 2 is 1.93 bits per heavy atom. The number of halogens is 1. The molecule has 0 radical (unpaired) electrons. The van der Waals surface area contributed by atoms with Crippen LogP contribution in [-0.4, -0.2) is 30.1 Å². The summed E-state index contributed by atoms with van der Waals surface area (Å²) in [5.74, 6) is -1.33. The first-order chi connectivity index (χ1) is 12.8. The number of anilines is 1. The summed E-state index contributed by atoms with van der Waals surface area (Å²) in [6.45, 7) is 1.84. The number of aryl methyl sites for hydroxylation is 1. The van der Waals surface area contributed by atoms with Gasteiger partial charge in [-0.2, -0.15) is 0 Å². The monoisotopic (exact) mass is 478 g/mol. The van der Waals surface area contributed by atoms with E-state index in [9.17, 15) is 19.5 Å². The summed E-state index contributed by atoms with van der Waals surface area (Å²) in [6.07, 6.45) is 1.36. The average Bonchev–Trinajstić information content (AvgIpc) is 2.61. The van der Waals surface area contributed by atoms with E-state index in [4.69, 9.17) is 4.74 Å². The van der Waals surface area contributed by atoms with Crippen LogP contribution in [-0.2, 0) is 9.59 Å². The SMILES string of the molecule is COc1cc(/C=C2\C(=O)NC(=O)N(c3cccc(C)c3)C2=O)cc(I)c1O. The minimum atomic E-state index is -0.800. The summed E-state index contributed by atoms with van der Waals surface area (Å²) in [4.78, 5) is 38.2. The van der Waals surface area contributed by atoms with Crippen molar-refractivity contribution < 1.29 is 24.2 Å². The number of hydrogen-bond donors (Lipinski definition) is 2. The van der Waals surface area contributed by atoms with Crippen molar-refractivity contribution in [1.29, 1.82) is 0 Å². The Hall–Kier alpha value is -2.88. The average molecular weight is 478 g/mol. The summed E-state index contributed by atoms with van der Waals surface area (Å²) in [6, 6.07) is 9.14. The van der Waals surface area contributed by atoms with Gasteiger partial charge in [-0.1, -0.05) is 12.1 Å². The number of carbonyl (C=O) groups excluding carboxylic acids is 3. The second-order valence-electron chi connectivity index (χ2n) is 5.85. The van der Waals surface area contributed by atoms with Gasteiger partial charge in [0.05, 0.1) is 16.4 Å².